The molecule has 1 aromatic heterocycles. The van der Waals surface area contributed by atoms with E-state index in [4.69, 9.17) is 19.2 Å². The van der Waals surface area contributed by atoms with Crippen molar-refractivity contribution in [2.24, 2.45) is 11.3 Å². The second kappa shape index (κ2) is 15.5. The molecule has 0 radical (unpaired) electrons. The topological polar surface area (TPSA) is 182 Å². The highest BCUT2D eigenvalue weighted by molar-refractivity contribution is 7.91. The van der Waals surface area contributed by atoms with E-state index in [2.05, 4.69) is 21.9 Å². The molecular formula is C43H53N5O9S. The third-order valence-corrected chi connectivity index (χ3v) is 14.2. The highest BCUT2D eigenvalue weighted by Crippen LogP contribution is 2.47. The zero-order chi connectivity index (χ0) is 41.6. The molecule has 310 valence electrons. The van der Waals surface area contributed by atoms with Crippen molar-refractivity contribution < 1.29 is 41.8 Å². The number of methoxy groups -OCH3 is 1. The van der Waals surface area contributed by atoms with Crippen LogP contribution < -0.4 is 24.8 Å². The highest BCUT2D eigenvalue weighted by atomic mass is 32.2. The van der Waals surface area contributed by atoms with Crippen LogP contribution in [0.25, 0.3) is 22.2 Å². The second-order valence-corrected chi connectivity index (χ2v) is 19.6. The number of fused-ring (bicyclic) bond motifs is 1. The summed E-state index contributed by atoms with van der Waals surface area (Å²) in [5, 5.41) is 6.32. The van der Waals surface area contributed by atoms with Crippen LogP contribution in [0.4, 0.5) is 4.79 Å². The maximum Gasteiger partial charge on any atom is 0.408 e. The number of alkyl carbamates (subject to hydrolysis) is 1. The van der Waals surface area contributed by atoms with E-state index in [1.165, 1.54) is 11.0 Å². The lowest BCUT2D eigenvalue weighted by atomic mass is 9.85. The molecule has 2 unspecified atom stereocenters. The Balaban J connectivity index is 1.21. The molecule has 3 aliphatic carbocycles. The average Bonchev–Trinajstić information content (AvgIpc) is 3.97. The molecule has 1 saturated heterocycles. The van der Waals surface area contributed by atoms with Crippen LogP contribution in [0.3, 0.4) is 0 Å². The third-order valence-electron chi connectivity index (χ3n) is 12.0. The molecule has 2 heterocycles. The largest absolute Gasteiger partial charge is 0.497 e. The van der Waals surface area contributed by atoms with Gasteiger partial charge in [0.15, 0.2) is 0 Å². The molecule has 14 nitrogen and oxygen atoms in total. The van der Waals surface area contributed by atoms with Crippen LogP contribution in [-0.2, 0) is 29.1 Å². The van der Waals surface area contributed by atoms with Gasteiger partial charge in [0.1, 0.15) is 41.3 Å². The van der Waals surface area contributed by atoms with Gasteiger partial charge in [-0.05, 0) is 69.4 Å². The Hall–Kier alpha value is -5.18. The van der Waals surface area contributed by atoms with Crippen molar-refractivity contribution in [2.75, 3.05) is 13.7 Å². The molecule has 58 heavy (non-hydrogen) atoms. The molecule has 4 aliphatic rings. The molecule has 0 bridgehead atoms. The molecule has 0 spiro atoms. The predicted molar refractivity (Wildman–Crippen MR) is 217 cm³/mol. The molecule has 1 aliphatic heterocycles. The molecule has 4 amide bonds. The van der Waals surface area contributed by atoms with Crippen LogP contribution in [0.5, 0.6) is 11.5 Å². The standard InChI is InChI=1S/C43H53N5O9S/c1-7-27-24-43(27,39(51)47-58(53,54)42(5)19-20-42)46-37(49)34-22-30(25-48(34)38(50)36(41(2,3)4)45-40(52)57-28-15-11-12-16-28)56-35-23-32(26-13-9-8-10-14-26)44-33-21-29(55-6)17-18-31(33)35/h7-10,13-14,17-18,21,23,27-28,30,34,36H,1,11-12,15-16,19-20,22,24-25H2,2-6H3,(H,45,52)(H,46,49)(H,47,51)/t27?,30-,34+,36?,43-/m1/s1. The van der Waals surface area contributed by atoms with Crippen LogP contribution in [-0.4, -0.2) is 90.3 Å². The summed E-state index contributed by atoms with van der Waals surface area (Å²) in [6, 6.07) is 14.6. The fourth-order valence-electron chi connectivity index (χ4n) is 7.95. The van der Waals surface area contributed by atoms with E-state index in [0.717, 1.165) is 31.2 Å². The molecular weight excluding hydrogens is 763 g/mol. The number of pyridine rings is 1. The fraction of sp³-hybridized carbons (Fsp3) is 0.512. The smallest absolute Gasteiger partial charge is 0.408 e. The Bertz CT molecular complexity index is 2220. The number of hydrogen-bond acceptors (Lipinski definition) is 10. The Morgan fingerprint density at radius 3 is 2.34 bits per heavy atom. The van der Waals surface area contributed by atoms with Crippen LogP contribution in [0.15, 0.2) is 67.3 Å². The van der Waals surface area contributed by atoms with Crippen LogP contribution in [0, 0.1) is 11.3 Å². The Kier molecular flexibility index (Phi) is 11.0. The van der Waals surface area contributed by atoms with Crippen LogP contribution >= 0.6 is 0 Å². The first-order valence-corrected chi connectivity index (χ1v) is 21.4. The lowest BCUT2D eigenvalue weighted by Gasteiger charge is -2.35. The summed E-state index contributed by atoms with van der Waals surface area (Å²) in [5.41, 5.74) is -0.288. The zero-order valence-corrected chi connectivity index (χ0v) is 34.5. The molecule has 7 rings (SSSR count). The van der Waals surface area contributed by atoms with Gasteiger partial charge in [-0.25, -0.2) is 18.2 Å². The third kappa shape index (κ3) is 8.23. The first kappa shape index (κ1) is 41.0. The summed E-state index contributed by atoms with van der Waals surface area (Å²) in [4.78, 5) is 62.5. The van der Waals surface area contributed by atoms with E-state index in [-0.39, 0.29) is 25.5 Å². The first-order valence-electron chi connectivity index (χ1n) is 20.0. The predicted octanol–water partition coefficient (Wildman–Crippen LogP) is 5.40. The number of benzene rings is 2. The minimum absolute atomic E-state index is 0.0222. The van der Waals surface area contributed by atoms with E-state index in [9.17, 15) is 27.6 Å². The zero-order valence-electron chi connectivity index (χ0n) is 33.7. The van der Waals surface area contributed by atoms with Crippen molar-refractivity contribution in [1.82, 2.24) is 25.2 Å². The first-order chi connectivity index (χ1) is 27.5. The number of likely N-dealkylation sites (tertiary alicyclic amines) is 1. The van der Waals surface area contributed by atoms with Gasteiger partial charge in [0, 0.05) is 35.4 Å². The summed E-state index contributed by atoms with van der Waals surface area (Å²) in [6.07, 6.45) is 4.24. The van der Waals surface area contributed by atoms with E-state index < -0.39 is 73.6 Å². The maximum atomic E-state index is 14.8. The van der Waals surface area contributed by atoms with Crippen molar-refractivity contribution in [3.63, 3.8) is 0 Å². The number of aromatic nitrogens is 1. The van der Waals surface area contributed by atoms with Crippen LogP contribution in [0.1, 0.15) is 79.1 Å². The number of carbonyl (C=O) groups excluding carboxylic acids is 4. The number of amides is 4. The number of sulfonamides is 1. The van der Waals surface area contributed by atoms with Gasteiger partial charge in [-0.15, -0.1) is 6.58 Å². The molecule has 5 atom stereocenters. The van der Waals surface area contributed by atoms with Gasteiger partial charge >= 0.3 is 6.09 Å². The average molecular weight is 816 g/mol. The van der Waals surface area contributed by atoms with E-state index in [0.29, 0.717) is 40.9 Å². The monoisotopic (exact) mass is 815 g/mol. The number of rotatable bonds is 13. The summed E-state index contributed by atoms with van der Waals surface area (Å²) in [7, 11) is -2.44. The van der Waals surface area contributed by atoms with Gasteiger partial charge in [0.2, 0.25) is 21.8 Å². The number of carbonyl (C=O) groups is 4. The van der Waals surface area contributed by atoms with Gasteiger partial charge < -0.3 is 29.7 Å². The molecule has 15 heteroatoms. The summed E-state index contributed by atoms with van der Waals surface area (Å²) >= 11 is 0. The lowest BCUT2D eigenvalue weighted by Crippen LogP contribution is -2.60. The maximum absolute atomic E-state index is 14.8. The Morgan fingerprint density at radius 2 is 1.72 bits per heavy atom. The molecule has 2 aromatic carbocycles. The van der Waals surface area contributed by atoms with Crippen molar-refractivity contribution in [3.8, 4) is 22.8 Å². The van der Waals surface area contributed by atoms with Gasteiger partial charge in [-0.1, -0.05) is 57.2 Å². The SMILES string of the molecule is C=CC1C[C@]1(NC(=O)[C@@H]1C[C@@H](Oc2cc(-c3ccccc3)nc3cc(OC)ccc23)CN1C(=O)C(NC(=O)OC1CCCC1)C(C)(C)C)C(=O)NS(=O)(=O)C1(C)CC1. The van der Waals surface area contributed by atoms with Gasteiger partial charge in [-0.3, -0.25) is 19.1 Å². The van der Waals surface area contributed by atoms with Crippen molar-refractivity contribution >= 4 is 44.7 Å². The Labute approximate surface area is 339 Å². The minimum Gasteiger partial charge on any atom is -0.497 e. The number of ether oxygens (including phenoxy) is 3. The number of nitrogens with one attached hydrogen (secondary N) is 3. The van der Waals surface area contributed by atoms with Gasteiger partial charge in [-0.2, -0.15) is 0 Å². The quantitative estimate of drug-likeness (QED) is 0.189. The Morgan fingerprint density at radius 1 is 1.02 bits per heavy atom. The summed E-state index contributed by atoms with van der Waals surface area (Å²) in [5.74, 6) is -1.51. The van der Waals surface area contributed by atoms with E-state index >= 15 is 0 Å². The van der Waals surface area contributed by atoms with Crippen molar-refractivity contribution in [1.29, 1.82) is 0 Å². The van der Waals surface area contributed by atoms with Crippen molar-refractivity contribution in [2.45, 2.75) is 114 Å². The normalized spacial score (nSPS) is 24.4. The molecule has 3 aromatic rings. The lowest BCUT2D eigenvalue weighted by molar-refractivity contribution is -0.143. The molecule has 3 N–H and O–H groups in total. The highest BCUT2D eigenvalue weighted by Gasteiger charge is 2.63. The summed E-state index contributed by atoms with van der Waals surface area (Å²) in [6.45, 7) is 10.8. The second-order valence-electron chi connectivity index (χ2n) is 17.4. The molecule has 4 fully saturated rings. The number of nitrogens with zero attached hydrogens (tertiary/aromatic N) is 2. The van der Waals surface area contributed by atoms with E-state index in [1.54, 1.807) is 26.2 Å². The number of hydrogen-bond donors (Lipinski definition) is 3. The van der Waals surface area contributed by atoms with Gasteiger partial charge in [0.05, 0.1) is 29.6 Å². The minimum atomic E-state index is -4.01. The summed E-state index contributed by atoms with van der Waals surface area (Å²) < 4.78 is 45.3. The van der Waals surface area contributed by atoms with Gasteiger partial charge in [0.25, 0.3) is 5.91 Å². The van der Waals surface area contributed by atoms with Crippen molar-refractivity contribution in [3.05, 3.63) is 67.3 Å². The fourth-order valence-corrected chi connectivity index (χ4v) is 9.27. The van der Waals surface area contributed by atoms with E-state index in [1.807, 2.05) is 63.2 Å². The van der Waals surface area contributed by atoms with Crippen LogP contribution in [0.2, 0.25) is 0 Å². The molecule has 3 saturated carbocycles.